The van der Waals surface area contributed by atoms with Crippen LogP contribution in [0.2, 0.25) is 0 Å². The van der Waals surface area contributed by atoms with Gasteiger partial charge in [0.05, 0.1) is 10.6 Å². The lowest BCUT2D eigenvalue weighted by atomic mass is 10.1. The topological polar surface area (TPSA) is 61.4 Å². The van der Waals surface area contributed by atoms with E-state index in [1.807, 2.05) is 39.2 Å². The maximum absolute atomic E-state index is 12.6. The van der Waals surface area contributed by atoms with Crippen molar-refractivity contribution in [3.63, 3.8) is 0 Å². The smallest absolute Gasteiger partial charge is 0.252 e. The Labute approximate surface area is 160 Å². The van der Waals surface area contributed by atoms with E-state index in [2.05, 4.69) is 22.5 Å². The SMILES string of the molecule is C/C(=C/C(C)=C(\C)CNC(=O)c1csc(N2CCCC2C)c1C)NC=O. The second kappa shape index (κ2) is 9.03. The summed E-state index contributed by atoms with van der Waals surface area (Å²) in [4.78, 5) is 25.5. The fourth-order valence-corrected chi connectivity index (χ4v) is 4.39. The molecule has 1 aliphatic rings. The summed E-state index contributed by atoms with van der Waals surface area (Å²) in [6.45, 7) is 11.6. The summed E-state index contributed by atoms with van der Waals surface area (Å²) in [7, 11) is 0. The highest BCUT2D eigenvalue weighted by Gasteiger charge is 2.25. The van der Waals surface area contributed by atoms with E-state index in [4.69, 9.17) is 0 Å². The van der Waals surface area contributed by atoms with Crippen LogP contribution in [0.25, 0.3) is 0 Å². The normalized spacial score (nSPS) is 18.6. The number of amides is 2. The van der Waals surface area contributed by atoms with Crippen molar-refractivity contribution in [2.45, 2.75) is 53.5 Å². The zero-order valence-electron chi connectivity index (χ0n) is 16.3. The third kappa shape index (κ3) is 4.75. The number of rotatable bonds is 7. The lowest BCUT2D eigenvalue weighted by Gasteiger charge is -2.23. The minimum atomic E-state index is -0.0317. The second-order valence-corrected chi connectivity index (χ2v) is 7.86. The van der Waals surface area contributed by atoms with Gasteiger partial charge in [0.1, 0.15) is 0 Å². The van der Waals surface area contributed by atoms with E-state index in [0.717, 1.165) is 34.5 Å². The van der Waals surface area contributed by atoms with Gasteiger partial charge in [0.2, 0.25) is 6.41 Å². The van der Waals surface area contributed by atoms with Crippen molar-refractivity contribution < 1.29 is 9.59 Å². The summed E-state index contributed by atoms with van der Waals surface area (Å²) in [5, 5.41) is 8.82. The Kier molecular flexibility index (Phi) is 7.03. The number of carbonyl (C=O) groups excluding carboxylic acids is 2. The number of allylic oxidation sites excluding steroid dienone is 3. The lowest BCUT2D eigenvalue weighted by molar-refractivity contribution is -0.108. The van der Waals surface area contributed by atoms with Crippen molar-refractivity contribution in [3.8, 4) is 0 Å². The number of carbonyl (C=O) groups is 2. The van der Waals surface area contributed by atoms with E-state index in [9.17, 15) is 9.59 Å². The van der Waals surface area contributed by atoms with Crippen LogP contribution in [0.1, 0.15) is 56.5 Å². The molecule has 2 rings (SSSR count). The summed E-state index contributed by atoms with van der Waals surface area (Å²) < 4.78 is 0. The Morgan fingerprint density at radius 2 is 2.12 bits per heavy atom. The zero-order valence-corrected chi connectivity index (χ0v) is 17.1. The predicted molar refractivity (Wildman–Crippen MR) is 109 cm³/mol. The van der Waals surface area contributed by atoms with Crippen LogP contribution in [0.15, 0.2) is 28.3 Å². The first-order valence-corrected chi connectivity index (χ1v) is 9.90. The largest absolute Gasteiger partial charge is 0.361 e. The van der Waals surface area contributed by atoms with Gasteiger partial charge >= 0.3 is 0 Å². The summed E-state index contributed by atoms with van der Waals surface area (Å²) in [6.07, 6.45) is 5.00. The molecule has 5 nitrogen and oxygen atoms in total. The quantitative estimate of drug-likeness (QED) is 0.563. The molecule has 0 aliphatic carbocycles. The van der Waals surface area contributed by atoms with Crippen molar-refractivity contribution in [1.29, 1.82) is 0 Å². The van der Waals surface area contributed by atoms with Crippen LogP contribution in [-0.2, 0) is 4.79 Å². The van der Waals surface area contributed by atoms with Crippen molar-refractivity contribution in [3.05, 3.63) is 39.4 Å². The second-order valence-electron chi connectivity index (χ2n) is 7.00. The molecule has 1 saturated heterocycles. The van der Waals surface area contributed by atoms with Crippen molar-refractivity contribution >= 4 is 28.7 Å². The average Bonchev–Trinajstić information content (AvgIpc) is 3.17. The van der Waals surface area contributed by atoms with Gasteiger partial charge in [0.15, 0.2) is 0 Å². The van der Waals surface area contributed by atoms with E-state index >= 15 is 0 Å². The van der Waals surface area contributed by atoms with Gasteiger partial charge in [-0.05, 0) is 64.7 Å². The number of nitrogens with one attached hydrogen (secondary N) is 2. The molecule has 142 valence electrons. The minimum absolute atomic E-state index is 0.0317. The van der Waals surface area contributed by atoms with Crippen LogP contribution in [0.4, 0.5) is 5.00 Å². The molecule has 0 bridgehead atoms. The molecule has 0 saturated carbocycles. The van der Waals surface area contributed by atoms with E-state index in [-0.39, 0.29) is 5.91 Å². The molecule has 0 radical (unpaired) electrons. The summed E-state index contributed by atoms with van der Waals surface area (Å²) in [5.41, 5.74) is 4.72. The highest BCUT2D eigenvalue weighted by Crippen LogP contribution is 2.35. The Morgan fingerprint density at radius 1 is 1.38 bits per heavy atom. The van der Waals surface area contributed by atoms with E-state index < -0.39 is 0 Å². The number of hydrogen-bond acceptors (Lipinski definition) is 4. The van der Waals surface area contributed by atoms with E-state index in [0.29, 0.717) is 19.0 Å². The molecule has 2 amide bonds. The number of anilines is 1. The Balaban J connectivity index is 2.03. The van der Waals surface area contributed by atoms with Crippen LogP contribution >= 0.6 is 11.3 Å². The first-order valence-electron chi connectivity index (χ1n) is 9.03. The monoisotopic (exact) mass is 375 g/mol. The van der Waals surface area contributed by atoms with Crippen LogP contribution in [0.3, 0.4) is 0 Å². The van der Waals surface area contributed by atoms with Gasteiger partial charge in [0.25, 0.3) is 5.91 Å². The standard InChI is InChI=1S/C20H29N3O2S/c1-13(9-15(3)22-12-24)14(2)10-21-19(25)18-11-26-20(17(18)5)23-8-6-7-16(23)4/h9,11-12,16H,6-8,10H2,1-5H3,(H,21,25)(H,22,24)/b14-13+,15-9-. The molecule has 1 atom stereocenters. The van der Waals surface area contributed by atoms with Crippen LogP contribution in [0, 0.1) is 6.92 Å². The van der Waals surface area contributed by atoms with Crippen LogP contribution in [-0.4, -0.2) is 31.4 Å². The minimum Gasteiger partial charge on any atom is -0.361 e. The van der Waals surface area contributed by atoms with Gasteiger partial charge in [-0.1, -0.05) is 5.57 Å². The Hall–Kier alpha value is -2.08. The van der Waals surface area contributed by atoms with E-state index in [1.54, 1.807) is 11.3 Å². The van der Waals surface area contributed by atoms with Crippen molar-refractivity contribution in [1.82, 2.24) is 10.6 Å². The molecule has 1 fully saturated rings. The molecule has 2 N–H and O–H groups in total. The highest BCUT2D eigenvalue weighted by molar-refractivity contribution is 7.14. The summed E-state index contributed by atoms with van der Waals surface area (Å²) in [5.74, 6) is -0.0317. The van der Waals surface area contributed by atoms with E-state index in [1.165, 1.54) is 17.8 Å². The fourth-order valence-electron chi connectivity index (χ4n) is 3.18. The molecule has 1 aromatic rings. The van der Waals surface area contributed by atoms with Crippen LogP contribution in [0.5, 0.6) is 0 Å². The molecule has 6 heteroatoms. The number of thiophene rings is 1. The molecule has 2 heterocycles. The molecule has 1 aliphatic heterocycles. The molecule has 26 heavy (non-hydrogen) atoms. The average molecular weight is 376 g/mol. The van der Waals surface area contributed by atoms with Gasteiger partial charge < -0.3 is 15.5 Å². The third-order valence-electron chi connectivity index (χ3n) is 4.98. The highest BCUT2D eigenvalue weighted by atomic mass is 32.1. The van der Waals surface area contributed by atoms with Gasteiger partial charge in [-0.3, -0.25) is 9.59 Å². The van der Waals surface area contributed by atoms with Gasteiger partial charge in [-0.15, -0.1) is 11.3 Å². The first kappa shape index (κ1) is 20.2. The molecule has 1 aromatic heterocycles. The maximum Gasteiger partial charge on any atom is 0.252 e. The van der Waals surface area contributed by atoms with Crippen molar-refractivity contribution in [2.75, 3.05) is 18.0 Å². The Morgan fingerprint density at radius 3 is 2.73 bits per heavy atom. The summed E-state index contributed by atoms with van der Waals surface area (Å²) >= 11 is 1.66. The molecular formula is C20H29N3O2S. The van der Waals surface area contributed by atoms with Gasteiger partial charge in [0, 0.05) is 30.2 Å². The number of hydrogen-bond donors (Lipinski definition) is 2. The Bertz CT molecular complexity index is 733. The maximum atomic E-state index is 12.6. The first-order chi connectivity index (χ1) is 12.3. The zero-order chi connectivity index (χ0) is 19.3. The number of nitrogens with zero attached hydrogens (tertiary/aromatic N) is 1. The fraction of sp³-hybridized carbons (Fsp3) is 0.500. The molecule has 1 unspecified atom stereocenters. The van der Waals surface area contributed by atoms with Gasteiger partial charge in [-0.2, -0.15) is 0 Å². The van der Waals surface area contributed by atoms with Gasteiger partial charge in [-0.25, -0.2) is 0 Å². The molecule has 0 spiro atoms. The van der Waals surface area contributed by atoms with Crippen molar-refractivity contribution in [2.24, 2.45) is 0 Å². The lowest BCUT2D eigenvalue weighted by Crippen LogP contribution is -2.27. The van der Waals surface area contributed by atoms with Crippen LogP contribution < -0.4 is 15.5 Å². The molecular weight excluding hydrogens is 346 g/mol. The predicted octanol–water partition coefficient (Wildman–Crippen LogP) is 3.76. The third-order valence-corrected chi connectivity index (χ3v) is 6.10. The summed E-state index contributed by atoms with van der Waals surface area (Å²) in [6, 6.07) is 0.547. The molecule has 0 aromatic carbocycles.